The summed E-state index contributed by atoms with van der Waals surface area (Å²) in [7, 11) is -16.3. The van der Waals surface area contributed by atoms with Gasteiger partial charge in [0.15, 0.2) is 36.2 Å². The highest BCUT2D eigenvalue weighted by Crippen LogP contribution is 2.61. The Labute approximate surface area is 268 Å². The molecule has 3 aliphatic rings. The molecule has 2 aromatic heterocycles. The number of hydrogen-bond donors (Lipinski definition) is 9. The van der Waals surface area contributed by atoms with Gasteiger partial charge >= 0.3 is 23.5 Å². The van der Waals surface area contributed by atoms with Crippen molar-refractivity contribution in [2.45, 2.75) is 55.5 Å². The maximum absolute atomic E-state index is 12.6. The summed E-state index contributed by atoms with van der Waals surface area (Å²) in [6.07, 6.45) is -6.18. The molecule has 48 heavy (non-hydrogen) atoms. The Hall–Kier alpha value is -2.60. The molecule has 3 aliphatic heterocycles. The minimum atomic E-state index is -5.52. The maximum atomic E-state index is 12.6. The van der Waals surface area contributed by atoms with E-state index in [9.17, 15) is 53.4 Å². The van der Waals surface area contributed by atoms with Crippen LogP contribution in [-0.2, 0) is 45.8 Å². The SMILES string of the molecule is NC(=O)C1C=[N+]([C@@H]2O[C@H](COP(=O)(O)OP(=O)(O)OC[C@H]3O[C@@H](n4cnc5c(N)ncnc54)[C@H](OP(=O)(O)O)[C@@H]3O)[C@@H](O)[C@H]2O)C=CC1. The molecule has 1 amide bonds. The first-order chi connectivity index (χ1) is 22.4. The highest BCUT2D eigenvalue weighted by atomic mass is 31.3. The lowest BCUT2D eigenvalue weighted by Crippen LogP contribution is -2.40. The number of fused-ring (bicyclic) bond motifs is 1. The van der Waals surface area contributed by atoms with Crippen LogP contribution in [-0.4, -0.2) is 127 Å². The third kappa shape index (κ3) is 8.22. The Kier molecular flexibility index (Phi) is 10.7. The summed E-state index contributed by atoms with van der Waals surface area (Å²) in [6.45, 7) is -2.01. The van der Waals surface area contributed by atoms with Crippen LogP contribution in [0, 0.1) is 5.92 Å². The Bertz CT molecular complexity index is 1740. The number of phosphoric ester groups is 3. The number of aliphatic hydroxyl groups excluding tert-OH is 3. The van der Waals surface area contributed by atoms with E-state index in [-0.39, 0.29) is 17.0 Å². The minimum Gasteiger partial charge on any atom is -0.387 e. The number of aromatic nitrogens is 4. The number of anilines is 1. The molecule has 5 heterocycles. The van der Waals surface area contributed by atoms with Crippen molar-refractivity contribution in [3.63, 3.8) is 0 Å². The van der Waals surface area contributed by atoms with Crippen LogP contribution in [0.1, 0.15) is 12.6 Å². The molecule has 2 aromatic rings. The highest BCUT2D eigenvalue weighted by molar-refractivity contribution is 7.61. The van der Waals surface area contributed by atoms with Crippen molar-refractivity contribution in [3.05, 3.63) is 24.9 Å². The fourth-order valence-electron chi connectivity index (χ4n) is 5.04. The molecule has 11 atom stereocenters. The van der Waals surface area contributed by atoms with E-state index in [1.807, 2.05) is 0 Å². The number of carbonyl (C=O) groups excluding carboxylic acids is 1. The molecule has 0 radical (unpaired) electrons. The molecule has 2 fully saturated rings. The van der Waals surface area contributed by atoms with Crippen LogP contribution < -0.4 is 11.5 Å². The number of ether oxygens (including phenoxy) is 2. The largest absolute Gasteiger partial charge is 0.481 e. The van der Waals surface area contributed by atoms with Gasteiger partial charge in [-0.3, -0.25) is 22.9 Å². The molecular formula is C21H31N7O17P3+. The molecule has 266 valence electrons. The third-order valence-electron chi connectivity index (χ3n) is 7.26. The molecule has 2 saturated heterocycles. The van der Waals surface area contributed by atoms with Crippen LogP contribution in [0.15, 0.2) is 24.9 Å². The van der Waals surface area contributed by atoms with Gasteiger partial charge < -0.3 is 55.8 Å². The van der Waals surface area contributed by atoms with Crippen LogP contribution in [0.3, 0.4) is 0 Å². The van der Waals surface area contributed by atoms with Gasteiger partial charge in [-0.15, -0.1) is 0 Å². The predicted octanol–water partition coefficient (Wildman–Crippen LogP) is -3.06. The Balaban J connectivity index is 1.20. The van der Waals surface area contributed by atoms with Crippen molar-refractivity contribution in [1.29, 1.82) is 0 Å². The first kappa shape index (κ1) is 36.7. The zero-order valence-electron chi connectivity index (χ0n) is 24.1. The Morgan fingerprint density at radius 1 is 0.979 bits per heavy atom. The fraction of sp³-hybridized carbons (Fsp3) is 0.571. The lowest BCUT2D eigenvalue weighted by Gasteiger charge is -2.22. The lowest BCUT2D eigenvalue weighted by atomic mass is 10.0. The molecule has 11 N–H and O–H groups in total. The lowest BCUT2D eigenvalue weighted by molar-refractivity contribution is -0.561. The second-order valence-corrected chi connectivity index (χ2v) is 14.8. The fourth-order valence-corrected chi connectivity index (χ4v) is 7.68. The predicted molar refractivity (Wildman–Crippen MR) is 153 cm³/mol. The van der Waals surface area contributed by atoms with E-state index in [1.165, 1.54) is 17.0 Å². The van der Waals surface area contributed by atoms with Gasteiger partial charge in [0.25, 0.3) is 6.23 Å². The number of primary amides is 1. The number of phosphoric acid groups is 3. The molecule has 24 nitrogen and oxygen atoms in total. The van der Waals surface area contributed by atoms with Gasteiger partial charge in [-0.1, -0.05) is 0 Å². The van der Waals surface area contributed by atoms with Crippen LogP contribution >= 0.6 is 23.5 Å². The van der Waals surface area contributed by atoms with Gasteiger partial charge in [-0.05, 0) is 12.5 Å². The summed E-state index contributed by atoms with van der Waals surface area (Å²) in [6, 6.07) is 0. The van der Waals surface area contributed by atoms with Gasteiger partial charge in [0.1, 0.15) is 48.3 Å². The topological polar surface area (TPSA) is 364 Å². The molecule has 0 aliphatic carbocycles. The summed E-state index contributed by atoms with van der Waals surface area (Å²) in [5.74, 6) is -1.43. The van der Waals surface area contributed by atoms with E-state index in [2.05, 4.69) is 23.8 Å². The minimum absolute atomic E-state index is 0.00527. The standard InChI is InChI=1S/C21H30N7O17P3/c22-17-12-19(25-7-24-17)28(8-26-12)21-16(44-46(33,34)35)14(30)11(43-21)6-41-48(38,39)45-47(36,37)40-5-10-13(29)15(31)20(42-10)27-3-1-2-9(4-27)18(23)32/h1,3-4,7-11,13-16,20-21,29-31H,2,5-6H2,(H7-,22,23,24,25,32,33,34,35,36,37,38,39)/p+1/t9?,10-,11-,13-,14-,15-,16-,20-,21-/m1/s1. The van der Waals surface area contributed by atoms with Crippen molar-refractivity contribution >= 4 is 52.6 Å². The normalized spacial score (nSPS) is 33.4. The van der Waals surface area contributed by atoms with E-state index in [1.54, 1.807) is 6.08 Å². The van der Waals surface area contributed by atoms with E-state index >= 15 is 0 Å². The number of imidazole rings is 1. The van der Waals surface area contributed by atoms with E-state index in [4.69, 9.17) is 30.0 Å². The van der Waals surface area contributed by atoms with Gasteiger partial charge in [-0.25, -0.2) is 28.6 Å². The highest BCUT2D eigenvalue weighted by Gasteiger charge is 2.52. The van der Waals surface area contributed by atoms with Gasteiger partial charge in [-0.2, -0.15) is 8.89 Å². The monoisotopic (exact) mass is 746 g/mol. The van der Waals surface area contributed by atoms with Crippen LogP contribution in [0.2, 0.25) is 0 Å². The van der Waals surface area contributed by atoms with Gasteiger partial charge in [0.2, 0.25) is 5.91 Å². The first-order valence-corrected chi connectivity index (χ1v) is 18.1. The second kappa shape index (κ2) is 14.0. The van der Waals surface area contributed by atoms with Gasteiger partial charge in [0.05, 0.1) is 19.5 Å². The van der Waals surface area contributed by atoms with Crippen molar-refractivity contribution in [1.82, 2.24) is 19.5 Å². The third-order valence-corrected chi connectivity index (χ3v) is 10.4. The number of aliphatic hydroxyl groups is 3. The molecule has 0 bridgehead atoms. The number of amides is 1. The summed E-state index contributed by atoms with van der Waals surface area (Å²) in [5, 5.41) is 31.6. The number of nitrogen functional groups attached to an aromatic ring is 1. The zero-order chi connectivity index (χ0) is 35.2. The van der Waals surface area contributed by atoms with Crippen molar-refractivity contribution < 1.29 is 85.3 Å². The summed E-state index contributed by atoms with van der Waals surface area (Å²) in [4.78, 5) is 62.3. The second-order valence-electron chi connectivity index (χ2n) is 10.6. The smallest absolute Gasteiger partial charge is 0.387 e. The molecule has 5 rings (SSSR count). The summed E-state index contributed by atoms with van der Waals surface area (Å²) < 4.78 is 68.5. The summed E-state index contributed by atoms with van der Waals surface area (Å²) >= 11 is 0. The van der Waals surface area contributed by atoms with E-state index in [0.29, 0.717) is 6.42 Å². The maximum Gasteiger partial charge on any atom is 0.481 e. The number of nitrogens with two attached hydrogens (primary N) is 2. The van der Waals surface area contributed by atoms with Crippen LogP contribution in [0.4, 0.5) is 5.82 Å². The molecule has 27 heteroatoms. The number of nitrogens with zero attached hydrogens (tertiary/aromatic N) is 5. The van der Waals surface area contributed by atoms with E-state index < -0.39 is 97.6 Å². The molecule has 3 unspecified atom stereocenters. The molecule has 0 saturated carbocycles. The first-order valence-electron chi connectivity index (χ1n) is 13.6. The quantitative estimate of drug-likeness (QED) is 0.0725. The van der Waals surface area contributed by atoms with Crippen molar-refractivity contribution in [3.8, 4) is 0 Å². The van der Waals surface area contributed by atoms with Crippen LogP contribution in [0.5, 0.6) is 0 Å². The summed E-state index contributed by atoms with van der Waals surface area (Å²) in [5.41, 5.74) is 11.1. The average molecular weight is 746 g/mol. The van der Waals surface area contributed by atoms with Gasteiger partial charge in [0, 0.05) is 0 Å². The zero-order valence-corrected chi connectivity index (χ0v) is 26.8. The molecule has 0 spiro atoms. The number of allylic oxidation sites excluding steroid dienone is 1. The Morgan fingerprint density at radius 3 is 2.25 bits per heavy atom. The Morgan fingerprint density at radius 2 is 1.62 bits per heavy atom. The number of hydrogen-bond acceptors (Lipinski definition) is 17. The number of carbonyl (C=O) groups is 1. The average Bonchev–Trinajstić information content (AvgIpc) is 3.64. The van der Waals surface area contributed by atoms with Crippen molar-refractivity contribution in [2.75, 3.05) is 18.9 Å². The number of rotatable bonds is 13. The van der Waals surface area contributed by atoms with Crippen LogP contribution in [0.25, 0.3) is 11.2 Å². The molecule has 0 aromatic carbocycles. The van der Waals surface area contributed by atoms with Crippen molar-refractivity contribution in [2.24, 2.45) is 11.7 Å². The molecular weight excluding hydrogens is 715 g/mol. The van der Waals surface area contributed by atoms with E-state index in [0.717, 1.165) is 17.2 Å².